The van der Waals surface area contributed by atoms with Gasteiger partial charge in [0, 0.05) is 49.0 Å². The number of benzene rings is 1. The number of piperidine rings is 1. The molecule has 3 N–H and O–H groups in total. The largest absolute Gasteiger partial charge is 0.367 e. The fourth-order valence-corrected chi connectivity index (χ4v) is 3.92. The van der Waals surface area contributed by atoms with Gasteiger partial charge in [0.2, 0.25) is 5.91 Å². The van der Waals surface area contributed by atoms with Crippen molar-refractivity contribution in [3.8, 4) is 0 Å². The zero-order valence-electron chi connectivity index (χ0n) is 14.6. The van der Waals surface area contributed by atoms with Crippen LogP contribution in [0.25, 0.3) is 0 Å². The van der Waals surface area contributed by atoms with E-state index in [1.807, 2.05) is 10.8 Å². The first-order valence-electron chi connectivity index (χ1n) is 8.77. The Morgan fingerprint density at radius 3 is 2.81 bits per heavy atom. The minimum Gasteiger partial charge on any atom is -0.367 e. The number of carbonyl (C=O) groups excluding carboxylic acids is 2. The molecule has 0 aliphatic carbocycles. The summed E-state index contributed by atoms with van der Waals surface area (Å²) in [5, 5.41) is 3.41. The summed E-state index contributed by atoms with van der Waals surface area (Å²) in [4.78, 5) is 30.4. The molecule has 2 aromatic rings. The number of nitrogens with two attached hydrogens (primary N) is 1. The van der Waals surface area contributed by atoms with E-state index in [2.05, 4.69) is 10.3 Å². The number of nitrogens with zero attached hydrogens (tertiary/aromatic N) is 3. The third-order valence-corrected chi connectivity index (χ3v) is 5.34. The van der Waals surface area contributed by atoms with Gasteiger partial charge in [0.05, 0.1) is 6.54 Å². The van der Waals surface area contributed by atoms with Gasteiger partial charge in [-0.05, 0) is 18.2 Å². The number of rotatable bonds is 2. The van der Waals surface area contributed by atoms with Crippen LogP contribution >= 0.6 is 11.6 Å². The number of hydrogen-bond donors (Lipinski definition) is 2. The molecule has 1 saturated heterocycles. The Hall–Kier alpha value is -2.58. The molecule has 2 aliphatic rings. The Morgan fingerprint density at radius 2 is 2.11 bits per heavy atom. The Morgan fingerprint density at radius 1 is 1.33 bits per heavy atom. The maximum atomic E-state index is 12.6. The zero-order valence-corrected chi connectivity index (χ0v) is 15.4. The molecular weight excluding hydrogens is 370 g/mol. The maximum Gasteiger partial charge on any atom is 0.321 e. The number of carbonyl (C=O) groups is 2. The summed E-state index contributed by atoms with van der Waals surface area (Å²) in [6, 6.07) is 6.82. The molecule has 0 radical (unpaired) electrons. The normalized spacial score (nSPS) is 20.9. The number of ether oxygens (including phenoxy) is 1. The second-order valence-corrected chi connectivity index (χ2v) is 7.27. The Balaban J connectivity index is 1.47. The lowest BCUT2D eigenvalue weighted by Gasteiger charge is -2.45. The van der Waals surface area contributed by atoms with Crippen molar-refractivity contribution >= 4 is 29.2 Å². The Kier molecular flexibility index (Phi) is 4.53. The fraction of sp³-hybridized carbons (Fsp3) is 0.389. The number of halogens is 1. The monoisotopic (exact) mass is 389 g/mol. The van der Waals surface area contributed by atoms with Crippen molar-refractivity contribution in [2.45, 2.75) is 31.1 Å². The quantitative estimate of drug-likeness (QED) is 0.819. The number of fused-ring (bicyclic) bond motifs is 2. The summed E-state index contributed by atoms with van der Waals surface area (Å²) in [6.07, 6.45) is 3.90. The Bertz CT molecular complexity index is 875. The van der Waals surface area contributed by atoms with Gasteiger partial charge >= 0.3 is 6.03 Å². The van der Waals surface area contributed by atoms with Gasteiger partial charge in [-0.15, -0.1) is 0 Å². The van der Waals surface area contributed by atoms with Crippen molar-refractivity contribution in [1.29, 1.82) is 0 Å². The number of urea groups is 1. The van der Waals surface area contributed by atoms with Crippen molar-refractivity contribution in [3.05, 3.63) is 47.5 Å². The van der Waals surface area contributed by atoms with Gasteiger partial charge in [0.25, 0.3) is 0 Å². The second-order valence-electron chi connectivity index (χ2n) is 6.83. The van der Waals surface area contributed by atoms with Crippen LogP contribution in [0, 0.1) is 0 Å². The number of anilines is 1. The van der Waals surface area contributed by atoms with Crippen molar-refractivity contribution in [1.82, 2.24) is 14.5 Å². The van der Waals surface area contributed by atoms with E-state index in [0.29, 0.717) is 43.2 Å². The minimum absolute atomic E-state index is 0.197. The van der Waals surface area contributed by atoms with E-state index in [9.17, 15) is 9.59 Å². The van der Waals surface area contributed by atoms with Crippen LogP contribution in [-0.4, -0.2) is 45.6 Å². The van der Waals surface area contributed by atoms with E-state index >= 15 is 0 Å². The van der Waals surface area contributed by atoms with Crippen molar-refractivity contribution < 1.29 is 14.3 Å². The van der Waals surface area contributed by atoms with Gasteiger partial charge in [-0.3, -0.25) is 4.79 Å². The molecule has 9 heteroatoms. The predicted octanol–water partition coefficient (Wildman–Crippen LogP) is 1.94. The van der Waals surface area contributed by atoms with Gasteiger partial charge in [0.1, 0.15) is 11.4 Å². The average Bonchev–Trinajstić information content (AvgIpc) is 3.12. The molecule has 4 rings (SSSR count). The number of amides is 3. The molecule has 1 aromatic carbocycles. The van der Waals surface area contributed by atoms with Crippen LogP contribution in [0.1, 0.15) is 18.7 Å². The van der Waals surface area contributed by atoms with E-state index < -0.39 is 17.6 Å². The van der Waals surface area contributed by atoms with Crippen molar-refractivity contribution in [3.63, 3.8) is 0 Å². The van der Waals surface area contributed by atoms with Crippen LogP contribution in [0.4, 0.5) is 10.5 Å². The summed E-state index contributed by atoms with van der Waals surface area (Å²) in [7, 11) is 0. The van der Waals surface area contributed by atoms with Crippen LogP contribution < -0.4 is 11.1 Å². The molecule has 0 bridgehead atoms. The van der Waals surface area contributed by atoms with Gasteiger partial charge in [-0.1, -0.05) is 17.7 Å². The van der Waals surface area contributed by atoms with E-state index in [0.717, 1.165) is 5.82 Å². The number of aromatic nitrogens is 2. The number of primary amides is 1. The summed E-state index contributed by atoms with van der Waals surface area (Å²) in [5.74, 6) is 0.296. The molecule has 1 aromatic heterocycles. The molecule has 1 spiro atoms. The van der Waals surface area contributed by atoms with Gasteiger partial charge in [0.15, 0.2) is 6.10 Å². The van der Waals surface area contributed by atoms with E-state index in [1.165, 1.54) is 0 Å². The molecule has 1 atom stereocenters. The lowest BCUT2D eigenvalue weighted by Crippen LogP contribution is -2.54. The maximum absolute atomic E-state index is 12.6. The van der Waals surface area contributed by atoms with Crippen LogP contribution in [-0.2, 0) is 21.7 Å². The van der Waals surface area contributed by atoms with Gasteiger partial charge < -0.3 is 25.3 Å². The predicted molar refractivity (Wildman–Crippen MR) is 99.3 cm³/mol. The molecule has 8 nitrogen and oxygen atoms in total. The first kappa shape index (κ1) is 17.8. The standard InChI is InChI=1S/C18H20ClN5O3/c19-12-2-1-3-13(10-12)22-17(26)23-7-4-18(5-8-23)16-21-6-9-24(16)11-14(27-18)15(20)25/h1-3,6,9-10,14H,4-5,7-8,11H2,(H2,20,25)(H,22,26). The topological polar surface area (TPSA) is 102 Å². The average molecular weight is 390 g/mol. The highest BCUT2D eigenvalue weighted by molar-refractivity contribution is 6.30. The number of hydrogen-bond acceptors (Lipinski definition) is 4. The summed E-state index contributed by atoms with van der Waals surface area (Å²) >= 11 is 5.96. The first-order valence-corrected chi connectivity index (χ1v) is 9.15. The smallest absolute Gasteiger partial charge is 0.321 e. The summed E-state index contributed by atoms with van der Waals surface area (Å²) < 4.78 is 8.01. The zero-order chi connectivity index (χ0) is 19.0. The lowest BCUT2D eigenvalue weighted by atomic mass is 9.88. The van der Waals surface area contributed by atoms with Gasteiger partial charge in [-0.2, -0.15) is 0 Å². The molecule has 27 heavy (non-hydrogen) atoms. The van der Waals surface area contributed by atoms with Crippen LogP contribution in [0.3, 0.4) is 0 Å². The Labute approximate surface area is 161 Å². The van der Waals surface area contributed by atoms with Crippen LogP contribution in [0.2, 0.25) is 5.02 Å². The molecule has 1 unspecified atom stereocenters. The van der Waals surface area contributed by atoms with Gasteiger partial charge in [-0.25, -0.2) is 9.78 Å². The molecule has 142 valence electrons. The fourth-order valence-electron chi connectivity index (χ4n) is 3.73. The third-order valence-electron chi connectivity index (χ3n) is 5.10. The van der Waals surface area contributed by atoms with E-state index in [4.69, 9.17) is 22.1 Å². The first-order chi connectivity index (χ1) is 13.0. The third kappa shape index (κ3) is 3.38. The second kappa shape index (κ2) is 6.86. The number of nitrogens with one attached hydrogen (secondary N) is 1. The minimum atomic E-state index is -0.700. The summed E-state index contributed by atoms with van der Waals surface area (Å²) in [6.45, 7) is 1.32. The number of likely N-dealkylation sites (tertiary alicyclic amines) is 1. The van der Waals surface area contributed by atoms with Crippen LogP contribution in [0.15, 0.2) is 36.7 Å². The van der Waals surface area contributed by atoms with Crippen molar-refractivity contribution in [2.75, 3.05) is 18.4 Å². The molecule has 3 amide bonds. The summed E-state index contributed by atoms with van der Waals surface area (Å²) in [5.41, 5.74) is 5.42. The van der Waals surface area contributed by atoms with E-state index in [1.54, 1.807) is 35.4 Å². The molecule has 1 fully saturated rings. The van der Waals surface area contributed by atoms with E-state index in [-0.39, 0.29) is 6.03 Å². The number of imidazole rings is 1. The highest BCUT2D eigenvalue weighted by Crippen LogP contribution is 2.40. The molecule has 0 saturated carbocycles. The highest BCUT2D eigenvalue weighted by atomic mass is 35.5. The van der Waals surface area contributed by atoms with Crippen molar-refractivity contribution in [2.24, 2.45) is 5.73 Å². The highest BCUT2D eigenvalue weighted by Gasteiger charge is 2.47. The SMILES string of the molecule is NC(=O)C1Cn2ccnc2C2(CCN(C(=O)Nc3cccc(Cl)c3)CC2)O1. The molecular formula is C18H20ClN5O3. The molecule has 3 heterocycles. The van der Waals surface area contributed by atoms with Crippen LogP contribution in [0.5, 0.6) is 0 Å². The molecule has 2 aliphatic heterocycles. The lowest BCUT2D eigenvalue weighted by molar-refractivity contribution is -0.169.